The van der Waals surface area contributed by atoms with Gasteiger partial charge in [0.05, 0.1) is 0 Å². The summed E-state index contributed by atoms with van der Waals surface area (Å²) in [5.74, 6) is -9.55. The van der Waals surface area contributed by atoms with Crippen LogP contribution in [0.4, 0.5) is 26.3 Å². The number of halogens is 6. The van der Waals surface area contributed by atoms with E-state index in [1.165, 1.54) is 0 Å². The molecule has 4 nitrogen and oxygen atoms in total. The number of benzene rings is 2. The zero-order valence-corrected chi connectivity index (χ0v) is 16.1. The summed E-state index contributed by atoms with van der Waals surface area (Å²) in [5.41, 5.74) is 0. The van der Waals surface area contributed by atoms with Gasteiger partial charge in [0, 0.05) is 0 Å². The van der Waals surface area contributed by atoms with Gasteiger partial charge in [-0.3, -0.25) is 0 Å². The fourth-order valence-electron chi connectivity index (χ4n) is 1.66. The molecule has 2 aromatic rings. The van der Waals surface area contributed by atoms with Gasteiger partial charge >= 0.3 is 144 Å². The Hall–Kier alpha value is -1.49. The summed E-state index contributed by atoms with van der Waals surface area (Å²) in [6.07, 6.45) is 0. The van der Waals surface area contributed by atoms with Crippen LogP contribution in [0.3, 0.4) is 0 Å². The number of hydrogen-bond acceptors (Lipinski definition) is 4. The fourth-order valence-corrected chi connectivity index (χ4v) is 6.97. The first-order valence-electron chi connectivity index (χ1n) is 6.41. The molecule has 25 heavy (non-hydrogen) atoms. The molecule has 2 rings (SSSR count). The molecule has 0 aliphatic carbocycles. The van der Waals surface area contributed by atoms with Crippen LogP contribution in [0.2, 0.25) is 0 Å². The molecule has 2 aromatic carbocycles. The van der Waals surface area contributed by atoms with Crippen molar-refractivity contribution in [3.05, 3.63) is 59.2 Å². The predicted octanol–water partition coefficient (Wildman–Crippen LogP) is 0.348. The molecule has 0 N–H and O–H groups in total. The van der Waals surface area contributed by atoms with Gasteiger partial charge in [-0.25, -0.2) is 0 Å². The molecule has 0 saturated carbocycles. The summed E-state index contributed by atoms with van der Waals surface area (Å²) in [6.45, 7) is 0. The summed E-state index contributed by atoms with van der Waals surface area (Å²) < 4.78 is 111. The molecule has 13 heteroatoms. The SMILES string of the molecule is [O]=[Cr](=[O])([O][SiH2]c1ccc(F)c(F)c1F)[O][SiH2]c1ccc(F)c(F)c1F. The molecule has 0 bridgehead atoms. The van der Waals surface area contributed by atoms with E-state index in [1.54, 1.807) is 0 Å². The first kappa shape index (κ1) is 19.8. The van der Waals surface area contributed by atoms with Gasteiger partial charge in [0.2, 0.25) is 0 Å². The molecular formula is C12H8CrF6O4Si2. The zero-order valence-electron chi connectivity index (χ0n) is 12.0. The van der Waals surface area contributed by atoms with Crippen molar-refractivity contribution < 1.29 is 54.5 Å². The van der Waals surface area contributed by atoms with Crippen LogP contribution in [0, 0.1) is 34.9 Å². The molecule has 136 valence electrons. The number of hydrogen-bond donors (Lipinski definition) is 0. The molecule has 0 radical (unpaired) electrons. The molecule has 0 heterocycles. The average molecular weight is 438 g/mol. The average Bonchev–Trinajstić information content (AvgIpc) is 2.56. The summed E-state index contributed by atoms with van der Waals surface area (Å²) >= 11 is -5.51. The molecule has 0 aromatic heterocycles. The minimum absolute atomic E-state index is 0.448. The van der Waals surface area contributed by atoms with Gasteiger partial charge in [0.25, 0.3) is 0 Å². The second-order valence-corrected chi connectivity index (χ2v) is 10.7. The van der Waals surface area contributed by atoms with E-state index in [-0.39, 0.29) is 0 Å². The zero-order chi connectivity index (χ0) is 18.8. The minimum atomic E-state index is -5.51. The van der Waals surface area contributed by atoms with E-state index in [4.69, 9.17) is 0 Å². The maximum absolute atomic E-state index is 13.4. The van der Waals surface area contributed by atoms with Crippen LogP contribution in [0.25, 0.3) is 0 Å². The van der Waals surface area contributed by atoms with Crippen LogP contribution in [0.5, 0.6) is 0 Å². The third kappa shape index (κ3) is 4.78. The summed E-state index contributed by atoms with van der Waals surface area (Å²) in [5, 5.41) is -0.895. The van der Waals surface area contributed by atoms with Gasteiger partial charge in [-0.2, -0.15) is 0 Å². The van der Waals surface area contributed by atoms with E-state index >= 15 is 0 Å². The molecule has 0 aliphatic rings. The Labute approximate surface area is 144 Å². The Morgan fingerprint density at radius 2 is 1.00 bits per heavy atom. The van der Waals surface area contributed by atoms with Crippen LogP contribution in [0.1, 0.15) is 0 Å². The topological polar surface area (TPSA) is 52.6 Å². The van der Waals surface area contributed by atoms with Gasteiger partial charge in [0.1, 0.15) is 0 Å². The summed E-state index contributed by atoms with van der Waals surface area (Å²) in [4.78, 5) is 0. The van der Waals surface area contributed by atoms with Crippen molar-refractivity contribution >= 4 is 29.9 Å². The maximum atomic E-state index is 13.4. The molecule has 0 spiro atoms. The normalized spacial score (nSPS) is 12.7. The number of rotatable bonds is 6. The molecular weight excluding hydrogens is 430 g/mol. The third-order valence-corrected chi connectivity index (χ3v) is 9.28. The standard InChI is InChI=1S/2C6H4F3OSi.Cr.2O/c2*7-3-1-2-4(11-10)6(9)5(3)8;;;/h2*1-2H,11H2;;;/q2*-1;+2;;. The van der Waals surface area contributed by atoms with Crippen LogP contribution >= 0.6 is 0 Å². The summed E-state index contributed by atoms with van der Waals surface area (Å²) in [7, 11) is -4.75. The molecule has 0 amide bonds. The van der Waals surface area contributed by atoms with Crippen molar-refractivity contribution in [3.63, 3.8) is 0 Å². The van der Waals surface area contributed by atoms with Gasteiger partial charge in [0.15, 0.2) is 0 Å². The first-order valence-corrected chi connectivity index (χ1v) is 11.1. The van der Waals surface area contributed by atoms with E-state index in [2.05, 4.69) is 6.96 Å². The summed E-state index contributed by atoms with van der Waals surface area (Å²) in [6, 6.07) is 2.88. The van der Waals surface area contributed by atoms with Gasteiger partial charge < -0.3 is 0 Å². The van der Waals surface area contributed by atoms with Crippen LogP contribution < -0.4 is 10.4 Å². The molecule has 0 fully saturated rings. The monoisotopic (exact) mass is 438 g/mol. The van der Waals surface area contributed by atoms with E-state index in [0.717, 1.165) is 12.1 Å². The van der Waals surface area contributed by atoms with Crippen molar-refractivity contribution in [2.24, 2.45) is 0 Å². The van der Waals surface area contributed by atoms with Crippen molar-refractivity contribution in [3.8, 4) is 0 Å². The van der Waals surface area contributed by atoms with Crippen molar-refractivity contribution in [2.45, 2.75) is 0 Å². The quantitative estimate of drug-likeness (QED) is 0.371. The van der Waals surface area contributed by atoms with Crippen LogP contribution in [-0.4, -0.2) is 19.5 Å². The Morgan fingerprint density at radius 1 is 0.640 bits per heavy atom. The Bertz CT molecular complexity index is 841. The molecule has 0 unspecified atom stereocenters. The van der Waals surface area contributed by atoms with E-state index in [0.29, 0.717) is 12.1 Å². The fraction of sp³-hybridized carbons (Fsp3) is 0. The first-order chi connectivity index (χ1) is 11.6. The van der Waals surface area contributed by atoms with Gasteiger partial charge in [-0.1, -0.05) is 0 Å². The van der Waals surface area contributed by atoms with E-state index < -0.39 is 78.4 Å². The Balaban J connectivity index is 2.04. The van der Waals surface area contributed by atoms with Crippen molar-refractivity contribution in [1.29, 1.82) is 0 Å². The molecule has 0 aliphatic heterocycles. The van der Waals surface area contributed by atoms with E-state index in [1.807, 2.05) is 0 Å². The predicted molar refractivity (Wildman–Crippen MR) is 72.5 cm³/mol. The van der Waals surface area contributed by atoms with E-state index in [9.17, 15) is 33.9 Å². The second kappa shape index (κ2) is 7.81. The van der Waals surface area contributed by atoms with Crippen molar-refractivity contribution in [2.75, 3.05) is 0 Å². The third-order valence-electron chi connectivity index (χ3n) is 2.95. The van der Waals surface area contributed by atoms with Gasteiger partial charge in [-0.15, -0.1) is 0 Å². The van der Waals surface area contributed by atoms with Crippen LogP contribution in [-0.2, 0) is 28.2 Å². The van der Waals surface area contributed by atoms with Crippen LogP contribution in [0.15, 0.2) is 24.3 Å². The van der Waals surface area contributed by atoms with Crippen molar-refractivity contribution in [1.82, 2.24) is 0 Å². The molecule has 0 saturated heterocycles. The second-order valence-electron chi connectivity index (χ2n) is 4.60. The van der Waals surface area contributed by atoms with Gasteiger partial charge in [-0.05, 0) is 0 Å². The Morgan fingerprint density at radius 3 is 1.36 bits per heavy atom. The Kier molecular flexibility index (Phi) is 6.19. The molecule has 0 atom stereocenters.